The molecule has 5 heterocycles. The van der Waals surface area contributed by atoms with Crippen LogP contribution in [0.2, 0.25) is 0 Å². The van der Waals surface area contributed by atoms with E-state index in [1.54, 1.807) is 25.2 Å². The van der Waals surface area contributed by atoms with E-state index in [1.807, 2.05) is 39.8 Å². The van der Waals surface area contributed by atoms with Gasteiger partial charge in [-0.25, -0.2) is 0 Å². The third-order valence-electron chi connectivity index (χ3n) is 10.4. The quantitative estimate of drug-likeness (QED) is 0.0937. The van der Waals surface area contributed by atoms with Crippen molar-refractivity contribution in [3.63, 3.8) is 0 Å². The monoisotopic (exact) mass is 710 g/mol. The van der Waals surface area contributed by atoms with Crippen molar-refractivity contribution in [3.05, 3.63) is 102 Å². The Morgan fingerprint density at radius 3 is 2.35 bits per heavy atom. The van der Waals surface area contributed by atoms with Gasteiger partial charge < -0.3 is 30.1 Å². The maximum absolute atomic E-state index is 14.0. The van der Waals surface area contributed by atoms with Crippen molar-refractivity contribution < 1.29 is 29.0 Å². The maximum atomic E-state index is 14.0. The molecule has 0 radical (unpaired) electrons. The first kappa shape index (κ1) is 38.6. The topological polar surface area (TPSA) is 154 Å². The van der Waals surface area contributed by atoms with Crippen LogP contribution in [0.3, 0.4) is 0 Å². The van der Waals surface area contributed by atoms with E-state index in [9.17, 15) is 24.3 Å². The first-order chi connectivity index (χ1) is 24.4. The molecule has 1 fully saturated rings. The van der Waals surface area contributed by atoms with Gasteiger partial charge in [0.2, 0.25) is 0 Å². The van der Waals surface area contributed by atoms with E-state index < -0.39 is 23.6 Å². The Labute approximate surface area is 319 Å². The van der Waals surface area contributed by atoms with Crippen LogP contribution in [-0.4, -0.2) is 58.8 Å². The fraction of sp³-hybridized carbons (Fsp3) is 0.366. The number of Topliss-reactive ketones (excluding diaryl/α,β-unsaturated/α-hetero) is 1. The van der Waals surface area contributed by atoms with Gasteiger partial charge in [-0.1, -0.05) is 85.9 Å². The van der Waals surface area contributed by atoms with Gasteiger partial charge in [0.05, 0.1) is 0 Å². The number of hydrogen-bond acceptors (Lipinski definition) is 5. The van der Waals surface area contributed by atoms with E-state index in [0.717, 1.165) is 41.4 Å². The minimum atomic E-state index is -1.50. The molecule has 1 saturated heterocycles. The number of fused-ring (bicyclic) bond motifs is 7. The third kappa shape index (κ3) is 6.72. The van der Waals surface area contributed by atoms with Crippen LogP contribution in [0.4, 0.5) is 0 Å². The second-order valence-electron chi connectivity index (χ2n) is 13.5. The summed E-state index contributed by atoms with van der Waals surface area (Å²) in [6, 6.07) is 0. The number of esters is 1. The fourth-order valence-electron chi connectivity index (χ4n) is 7.61. The standard InChI is InChI=1S/C41H44N4O6.Mg/c1-8-11-20(4)14-15-51-34(47)13-12-26-22(6)29-16-28-21(5)24(9-2)31(42-28)18-33-27(19-46)25(10-3)32(43-33)17-30-23(7)35-39(45-30)36(38(26)44-29)37(40(35)48)41(49)50;/h9,14,16-19,22,26,37H,2,8,10-13,15H2,1,3-7H3,(H3,44,45,46,48,49,50);/q-2;+2/p-2/b20-14+,29-16-,33-18-;/t22-,26-,37+;/m0./s1. The van der Waals surface area contributed by atoms with Crippen LogP contribution in [-0.2, 0) is 20.7 Å². The van der Waals surface area contributed by atoms with Gasteiger partial charge in [-0.3, -0.25) is 19.2 Å². The van der Waals surface area contributed by atoms with Crippen LogP contribution < -0.4 is 25.7 Å². The number of rotatable bonds is 11. The Hall–Kier alpha value is -4.61. The molecule has 3 aromatic rings. The number of ether oxygens (including phenoxy) is 1. The predicted octanol–water partition coefficient (Wildman–Crippen LogP) is 5.14. The molecule has 2 aliphatic heterocycles. The summed E-state index contributed by atoms with van der Waals surface area (Å²) in [4.78, 5) is 66.8. The number of carboxylic acids is 1. The minimum Gasteiger partial charge on any atom is -0.664 e. The number of allylic oxidation sites excluding steroid dienone is 3. The van der Waals surface area contributed by atoms with Gasteiger partial charge in [-0.2, -0.15) is 11.4 Å². The van der Waals surface area contributed by atoms with E-state index in [-0.39, 0.29) is 64.8 Å². The third-order valence-corrected chi connectivity index (χ3v) is 10.4. The summed E-state index contributed by atoms with van der Waals surface area (Å²) in [5, 5.41) is 16.5. The number of ketones is 1. The van der Waals surface area contributed by atoms with Crippen molar-refractivity contribution in [1.82, 2.24) is 15.0 Å². The molecule has 0 saturated carbocycles. The van der Waals surface area contributed by atoms with Gasteiger partial charge >= 0.3 is 35.0 Å². The van der Waals surface area contributed by atoms with Crippen molar-refractivity contribution in [1.29, 1.82) is 0 Å². The summed E-state index contributed by atoms with van der Waals surface area (Å²) in [5.74, 6) is -4.37. The van der Waals surface area contributed by atoms with Gasteiger partial charge in [-0.15, -0.1) is 33.5 Å². The largest absolute Gasteiger partial charge is 2.00 e. The molecule has 11 heteroatoms. The van der Waals surface area contributed by atoms with Gasteiger partial charge in [0.15, 0.2) is 5.78 Å². The minimum absolute atomic E-state index is 0. The molecule has 1 aliphatic carbocycles. The van der Waals surface area contributed by atoms with E-state index in [0.29, 0.717) is 63.1 Å². The van der Waals surface area contributed by atoms with Crippen molar-refractivity contribution in [2.75, 3.05) is 6.61 Å². The molecule has 6 rings (SSSR count). The van der Waals surface area contributed by atoms with E-state index >= 15 is 0 Å². The normalized spacial score (nSPS) is 22.7. The van der Waals surface area contributed by atoms with Crippen molar-refractivity contribution in [2.24, 2.45) is 17.8 Å². The zero-order valence-corrected chi connectivity index (χ0v) is 32.0. The Morgan fingerprint density at radius 1 is 0.981 bits per heavy atom. The number of carboxylic acid groups (broad SMARTS) is 1. The van der Waals surface area contributed by atoms with E-state index in [2.05, 4.69) is 13.5 Å². The molecule has 0 amide bonds. The first-order valence-electron chi connectivity index (χ1n) is 17.5. The molecule has 3 atom stereocenters. The molecular formula is C41H42MgN4O6-2. The van der Waals surface area contributed by atoms with Gasteiger partial charge in [-0.05, 0) is 63.5 Å². The number of hydrogen-bond donors (Lipinski definition) is 1. The predicted molar refractivity (Wildman–Crippen MR) is 201 cm³/mol. The van der Waals surface area contributed by atoms with Crippen LogP contribution in [0.25, 0.3) is 35.2 Å². The van der Waals surface area contributed by atoms with Crippen LogP contribution >= 0.6 is 0 Å². The number of aliphatic carboxylic acids is 1. The zero-order valence-electron chi connectivity index (χ0n) is 30.6. The molecule has 0 unspecified atom stereocenters. The molecule has 0 spiro atoms. The Balaban J connectivity index is 0.00000523. The van der Waals surface area contributed by atoms with Crippen molar-refractivity contribution >= 4 is 76.9 Å². The van der Waals surface area contributed by atoms with Crippen LogP contribution in [0, 0.1) is 31.6 Å². The maximum Gasteiger partial charge on any atom is 2.00 e. The average molecular weight is 711 g/mol. The number of carbonyl (C=O) groups excluding carboxylic acids is 3. The molecule has 52 heavy (non-hydrogen) atoms. The average Bonchev–Trinajstić information content (AvgIpc) is 3.84. The number of aromatic nitrogens is 3. The Bertz CT molecular complexity index is 2210. The summed E-state index contributed by atoms with van der Waals surface area (Å²) < 4.78 is 5.53. The number of nitrogens with zero attached hydrogens (tertiary/aromatic N) is 4. The summed E-state index contributed by atoms with van der Waals surface area (Å²) in [5.41, 5.74) is 8.05. The van der Waals surface area contributed by atoms with Gasteiger partial charge in [0, 0.05) is 17.5 Å². The molecule has 10 nitrogen and oxygen atoms in total. The molecule has 3 aromatic heterocycles. The number of carbonyl (C=O) groups is 4. The summed E-state index contributed by atoms with van der Waals surface area (Å²) in [6.45, 7) is 15.9. The first-order valence-corrected chi connectivity index (χ1v) is 17.5. The fourth-order valence-corrected chi connectivity index (χ4v) is 7.61. The van der Waals surface area contributed by atoms with E-state index in [1.165, 1.54) is 0 Å². The summed E-state index contributed by atoms with van der Waals surface area (Å²) in [6.07, 6.45) is 12.7. The Kier molecular flexibility index (Phi) is 11.5. The van der Waals surface area contributed by atoms with Crippen LogP contribution in [0.5, 0.6) is 0 Å². The molecule has 8 bridgehead atoms. The zero-order chi connectivity index (χ0) is 36.7. The Morgan fingerprint density at radius 2 is 1.69 bits per heavy atom. The summed E-state index contributed by atoms with van der Waals surface area (Å²) >= 11 is 0. The van der Waals surface area contributed by atoms with Crippen LogP contribution in [0.1, 0.15) is 119 Å². The second kappa shape index (κ2) is 15.6. The summed E-state index contributed by atoms with van der Waals surface area (Å²) in [7, 11) is 0. The molecule has 3 aliphatic rings. The van der Waals surface area contributed by atoms with E-state index in [4.69, 9.17) is 25.0 Å². The van der Waals surface area contributed by atoms with Crippen LogP contribution in [0.15, 0.2) is 29.6 Å². The number of aldehydes is 1. The molecule has 1 N–H and O–H groups in total. The van der Waals surface area contributed by atoms with Crippen molar-refractivity contribution in [2.45, 2.75) is 73.6 Å². The molecule has 266 valence electrons. The van der Waals surface area contributed by atoms with Gasteiger partial charge in [0.1, 0.15) is 18.8 Å². The van der Waals surface area contributed by atoms with Crippen molar-refractivity contribution in [3.8, 4) is 0 Å². The molecule has 0 aromatic carbocycles. The SMILES string of the molecule is C=Cc1c2[n-]c(c1C)/C=C1\[N-]/C(=C3\c4[n-]c(c(C)c4C(=O)[C@@H]3C(=O)O)/C=c3\[n-]/c(c(C=O)c3CC)=C\2)[C@@H](CCC(=O)OC/C=C(\C)CCC)[C@@H]1C.[Mg+2]. The smallest absolute Gasteiger partial charge is 0.664 e. The molecular weight excluding hydrogens is 669 g/mol. The van der Waals surface area contributed by atoms with Gasteiger partial charge in [0.25, 0.3) is 0 Å². The second-order valence-corrected chi connectivity index (χ2v) is 13.5.